The number of carbonyl (C=O) groups is 1. The first-order valence-corrected chi connectivity index (χ1v) is 7.83. The Hall–Kier alpha value is -2.51. The molecule has 0 saturated carbocycles. The molecule has 0 spiro atoms. The number of hydrogen-bond acceptors (Lipinski definition) is 5. The average molecular weight is 384 g/mol. The highest BCUT2D eigenvalue weighted by atomic mass is 35.5. The summed E-state index contributed by atoms with van der Waals surface area (Å²) >= 11 is 12.0. The van der Waals surface area contributed by atoms with Gasteiger partial charge in [-0.1, -0.05) is 28.4 Å². The third-order valence-electron chi connectivity index (χ3n) is 3.10. The zero-order valence-electron chi connectivity index (χ0n) is 13.4. The van der Waals surface area contributed by atoms with E-state index >= 15 is 0 Å². The molecule has 7 nitrogen and oxygen atoms in total. The van der Waals surface area contributed by atoms with Gasteiger partial charge in [0.25, 0.3) is 0 Å². The molecular formula is C16H15Cl2N3O4. The lowest BCUT2D eigenvalue weighted by Gasteiger charge is -2.05. The Kier molecular flexibility index (Phi) is 6.44. The van der Waals surface area contributed by atoms with Crippen molar-refractivity contribution in [1.82, 2.24) is 9.78 Å². The minimum absolute atomic E-state index is 0.118. The lowest BCUT2D eigenvalue weighted by atomic mass is 10.2. The van der Waals surface area contributed by atoms with Gasteiger partial charge < -0.3 is 14.7 Å². The first-order chi connectivity index (χ1) is 11.9. The van der Waals surface area contributed by atoms with Crippen molar-refractivity contribution >= 4 is 34.9 Å². The van der Waals surface area contributed by atoms with Gasteiger partial charge in [-0.15, -0.1) is 5.10 Å². The maximum atomic E-state index is 11.1. The van der Waals surface area contributed by atoms with E-state index in [1.54, 1.807) is 48.1 Å². The van der Waals surface area contributed by atoms with Crippen LogP contribution in [0.4, 0.5) is 0 Å². The summed E-state index contributed by atoms with van der Waals surface area (Å²) in [6, 6.07) is 6.73. The number of carboxylic acid groups (broad SMARTS) is 1. The molecule has 0 aliphatic rings. The van der Waals surface area contributed by atoms with E-state index in [2.05, 4.69) is 15.1 Å². The van der Waals surface area contributed by atoms with Gasteiger partial charge >= 0.3 is 5.97 Å². The molecule has 0 bridgehead atoms. The van der Waals surface area contributed by atoms with E-state index in [1.165, 1.54) is 7.11 Å². The number of hydrogen-bond donors (Lipinski definition) is 1. The summed E-state index contributed by atoms with van der Waals surface area (Å²) in [4.78, 5) is 15.6. The van der Waals surface area contributed by atoms with E-state index in [4.69, 9.17) is 33.0 Å². The first kappa shape index (κ1) is 18.8. The molecule has 0 saturated heterocycles. The summed E-state index contributed by atoms with van der Waals surface area (Å²) in [5.41, 5.74) is 0.882. The van der Waals surface area contributed by atoms with E-state index in [1.807, 2.05) is 0 Å². The Morgan fingerprint density at radius 2 is 2.16 bits per heavy atom. The Bertz CT molecular complexity index is 831. The van der Waals surface area contributed by atoms with Gasteiger partial charge in [-0.3, -0.25) is 0 Å². The fraction of sp³-hybridized carbons (Fsp3) is 0.188. The first-order valence-electron chi connectivity index (χ1n) is 7.08. The van der Waals surface area contributed by atoms with Gasteiger partial charge in [0.2, 0.25) is 5.88 Å². The van der Waals surface area contributed by atoms with Gasteiger partial charge in [0, 0.05) is 17.3 Å². The van der Waals surface area contributed by atoms with Crippen LogP contribution >= 0.6 is 23.2 Å². The summed E-state index contributed by atoms with van der Waals surface area (Å²) in [6.45, 7) is 1.72. The van der Waals surface area contributed by atoms with Crippen LogP contribution in [-0.4, -0.2) is 40.3 Å². The molecule has 2 rings (SSSR count). The number of rotatable bonds is 7. The van der Waals surface area contributed by atoms with E-state index in [0.29, 0.717) is 27.2 Å². The van der Waals surface area contributed by atoms with Gasteiger partial charge in [0.1, 0.15) is 13.7 Å². The van der Waals surface area contributed by atoms with Crippen LogP contribution < -0.4 is 4.74 Å². The van der Waals surface area contributed by atoms with Crippen molar-refractivity contribution in [2.75, 3.05) is 13.7 Å². The number of nitrogens with zero attached hydrogens (tertiary/aromatic N) is 3. The molecule has 1 aromatic heterocycles. The van der Waals surface area contributed by atoms with E-state index in [-0.39, 0.29) is 12.3 Å². The van der Waals surface area contributed by atoms with Crippen LogP contribution in [0.25, 0.3) is 5.69 Å². The number of ether oxygens (including phenoxy) is 1. The molecular weight excluding hydrogens is 369 g/mol. The lowest BCUT2D eigenvalue weighted by Crippen LogP contribution is -2.15. The third-order valence-corrected chi connectivity index (χ3v) is 3.64. The number of halogens is 2. The highest BCUT2D eigenvalue weighted by Gasteiger charge is 2.12. The number of benzene rings is 1. The molecule has 9 heteroatoms. The molecule has 2 aromatic rings. The van der Waals surface area contributed by atoms with Crippen LogP contribution in [-0.2, 0) is 9.63 Å². The Morgan fingerprint density at radius 1 is 1.40 bits per heavy atom. The van der Waals surface area contributed by atoms with Crippen molar-refractivity contribution in [3.05, 3.63) is 52.2 Å². The molecule has 1 aromatic carbocycles. The normalized spacial score (nSPS) is 12.2. The smallest absolute Gasteiger partial charge is 0.358 e. The van der Waals surface area contributed by atoms with Gasteiger partial charge in [-0.25, -0.2) is 9.48 Å². The van der Waals surface area contributed by atoms with Crippen LogP contribution in [0.3, 0.4) is 0 Å². The van der Waals surface area contributed by atoms with Gasteiger partial charge in [-0.05, 0) is 36.8 Å². The second kappa shape index (κ2) is 8.55. The van der Waals surface area contributed by atoms with Crippen molar-refractivity contribution < 1.29 is 19.5 Å². The maximum absolute atomic E-state index is 11.1. The summed E-state index contributed by atoms with van der Waals surface area (Å²) < 4.78 is 7.04. The minimum Gasteiger partial charge on any atom is -0.476 e. The number of oxime groups is 1. The predicted octanol–water partition coefficient (Wildman–Crippen LogP) is 3.59. The quantitative estimate of drug-likeness (QED) is 0.583. The highest BCUT2D eigenvalue weighted by molar-refractivity contribution is 6.42. The molecule has 0 aliphatic heterocycles. The molecule has 1 N–H and O–H groups in total. The van der Waals surface area contributed by atoms with Gasteiger partial charge in [-0.2, -0.15) is 0 Å². The molecule has 1 heterocycles. The van der Waals surface area contributed by atoms with Crippen molar-refractivity contribution in [2.24, 2.45) is 5.16 Å². The van der Waals surface area contributed by atoms with Crippen LogP contribution in [0.1, 0.15) is 6.92 Å². The molecule has 0 atom stereocenters. The third kappa shape index (κ3) is 4.98. The number of aliphatic carboxylic acids is 1. The molecule has 0 unspecified atom stereocenters. The maximum Gasteiger partial charge on any atom is 0.358 e. The molecule has 0 fully saturated rings. The van der Waals surface area contributed by atoms with Crippen LogP contribution in [0.15, 0.2) is 47.3 Å². The Morgan fingerprint density at radius 3 is 2.80 bits per heavy atom. The second-order valence-corrected chi connectivity index (χ2v) is 5.66. The number of aromatic nitrogens is 2. The summed E-state index contributed by atoms with van der Waals surface area (Å²) in [5, 5.41) is 17.7. The van der Waals surface area contributed by atoms with Crippen LogP contribution in [0.5, 0.6) is 5.88 Å². The molecule has 0 aliphatic carbocycles. The van der Waals surface area contributed by atoms with Crippen LogP contribution in [0, 0.1) is 0 Å². The SMILES string of the molecule is CO/N=C(C(=O)O)\C(C)=C\COc1ccn(-c2ccc(Cl)cc2Cl)n1. The summed E-state index contributed by atoms with van der Waals surface area (Å²) in [7, 11) is 1.28. The fourth-order valence-corrected chi connectivity index (χ4v) is 2.40. The zero-order valence-corrected chi connectivity index (χ0v) is 15.0. The Balaban J connectivity index is 2.05. The van der Waals surface area contributed by atoms with E-state index < -0.39 is 5.97 Å². The predicted molar refractivity (Wildman–Crippen MR) is 94.9 cm³/mol. The minimum atomic E-state index is -1.18. The monoisotopic (exact) mass is 383 g/mol. The summed E-state index contributed by atoms with van der Waals surface area (Å²) in [6.07, 6.45) is 3.26. The van der Waals surface area contributed by atoms with Crippen molar-refractivity contribution in [1.29, 1.82) is 0 Å². The van der Waals surface area contributed by atoms with E-state index in [0.717, 1.165) is 0 Å². The van der Waals surface area contributed by atoms with Gasteiger partial charge in [0.05, 0.1) is 10.7 Å². The summed E-state index contributed by atoms with van der Waals surface area (Å²) in [5.74, 6) is -0.826. The lowest BCUT2D eigenvalue weighted by molar-refractivity contribution is -0.129. The molecule has 0 amide bonds. The fourth-order valence-electron chi connectivity index (χ4n) is 1.91. The molecule has 132 valence electrons. The Labute approximate surface area is 154 Å². The van der Waals surface area contributed by atoms with Crippen LogP contribution in [0.2, 0.25) is 10.0 Å². The molecule has 25 heavy (non-hydrogen) atoms. The van der Waals surface area contributed by atoms with Gasteiger partial charge in [0.15, 0.2) is 5.71 Å². The van der Waals surface area contributed by atoms with Crippen molar-refractivity contribution in [3.63, 3.8) is 0 Å². The highest BCUT2D eigenvalue weighted by Crippen LogP contribution is 2.24. The topological polar surface area (TPSA) is 85.9 Å². The number of carboxylic acids is 1. The van der Waals surface area contributed by atoms with Crippen molar-refractivity contribution in [3.8, 4) is 11.6 Å². The second-order valence-electron chi connectivity index (χ2n) is 4.82. The van der Waals surface area contributed by atoms with E-state index in [9.17, 15) is 4.79 Å². The largest absolute Gasteiger partial charge is 0.476 e. The zero-order chi connectivity index (χ0) is 18.4. The molecule has 0 radical (unpaired) electrons. The standard InChI is InChI=1S/C16H15Cl2N3O4/c1-10(15(16(22)23)20-24-2)6-8-25-14-5-7-21(19-14)13-4-3-11(17)9-12(13)18/h3-7,9H,8H2,1-2H3,(H,22,23)/b10-6+,20-15+. The van der Waals surface area contributed by atoms with Crippen molar-refractivity contribution in [2.45, 2.75) is 6.92 Å². The average Bonchev–Trinajstić information content (AvgIpc) is 3.00.